The molecule has 3 heterocycles. The van der Waals surface area contributed by atoms with E-state index in [2.05, 4.69) is 27.4 Å². The van der Waals surface area contributed by atoms with Gasteiger partial charge in [-0.25, -0.2) is 9.97 Å². The van der Waals surface area contributed by atoms with Crippen LogP contribution in [-0.2, 0) is 9.53 Å². The quantitative estimate of drug-likeness (QED) is 0.491. The zero-order valence-corrected chi connectivity index (χ0v) is 19.0. The van der Waals surface area contributed by atoms with E-state index < -0.39 is 0 Å². The standard InChI is InChI=1S/C25H29N5O3/c1-29(13-7-12-27-22-10-5-6-11-26-22)25(32)21-17-30-20(16-24(31)33-2)14-18-8-3-4-9-19(18)15-23(30)28-21/h3-6,8,10-11,15,17,20H,7,9,12-14,16H2,1-2H3,(H,26,27). The molecule has 2 aromatic rings. The number of imidazole rings is 1. The number of methoxy groups -OCH3 is 1. The molecule has 1 amide bonds. The molecular formula is C25H29N5O3. The van der Waals surface area contributed by atoms with Gasteiger partial charge < -0.3 is 19.5 Å². The van der Waals surface area contributed by atoms with Crippen LogP contribution in [0.1, 0.15) is 48.0 Å². The van der Waals surface area contributed by atoms with Gasteiger partial charge in [-0.1, -0.05) is 24.3 Å². The number of esters is 1. The van der Waals surface area contributed by atoms with Crippen LogP contribution < -0.4 is 5.32 Å². The minimum atomic E-state index is -0.277. The average Bonchev–Trinajstić information content (AvgIpc) is 3.20. The van der Waals surface area contributed by atoms with Crippen molar-refractivity contribution >= 4 is 23.8 Å². The highest BCUT2D eigenvalue weighted by molar-refractivity contribution is 5.92. The maximum absolute atomic E-state index is 13.1. The molecule has 0 bridgehead atoms. The van der Waals surface area contributed by atoms with Crippen molar-refractivity contribution in [1.82, 2.24) is 19.4 Å². The number of carbonyl (C=O) groups is 2. The highest BCUT2D eigenvalue weighted by Gasteiger charge is 2.27. The van der Waals surface area contributed by atoms with Crippen LogP contribution in [0.5, 0.6) is 0 Å². The number of carbonyl (C=O) groups excluding carboxylic acids is 2. The molecule has 8 heteroatoms. The highest BCUT2D eigenvalue weighted by Crippen LogP contribution is 2.35. The minimum absolute atomic E-state index is 0.136. The number of ether oxygens (including phenoxy) is 1. The molecule has 0 fully saturated rings. The van der Waals surface area contributed by atoms with Crippen molar-refractivity contribution in [3.63, 3.8) is 0 Å². The Kier molecular flexibility index (Phi) is 7.02. The van der Waals surface area contributed by atoms with E-state index in [1.54, 1.807) is 24.3 Å². The zero-order chi connectivity index (χ0) is 23.2. The average molecular weight is 448 g/mol. The van der Waals surface area contributed by atoms with Crippen molar-refractivity contribution in [3.05, 3.63) is 71.5 Å². The molecule has 0 radical (unpaired) electrons. The molecule has 1 atom stereocenters. The zero-order valence-electron chi connectivity index (χ0n) is 19.0. The van der Waals surface area contributed by atoms with Gasteiger partial charge in [-0.05, 0) is 48.6 Å². The summed E-state index contributed by atoms with van der Waals surface area (Å²) in [6.45, 7) is 1.30. The number of hydrogen-bond acceptors (Lipinski definition) is 6. The third kappa shape index (κ3) is 5.39. The lowest BCUT2D eigenvalue weighted by molar-refractivity contribution is -0.141. The van der Waals surface area contributed by atoms with Crippen LogP contribution >= 0.6 is 0 Å². The first kappa shape index (κ1) is 22.5. The number of allylic oxidation sites excluding steroid dienone is 5. The molecule has 1 aliphatic heterocycles. The number of rotatable bonds is 8. The Bertz CT molecular complexity index is 1100. The van der Waals surface area contributed by atoms with Crippen molar-refractivity contribution in [2.45, 2.75) is 31.7 Å². The van der Waals surface area contributed by atoms with Crippen LogP contribution in [0.3, 0.4) is 0 Å². The van der Waals surface area contributed by atoms with E-state index in [0.717, 1.165) is 18.7 Å². The molecule has 8 nitrogen and oxygen atoms in total. The predicted octanol–water partition coefficient (Wildman–Crippen LogP) is 3.63. The third-order valence-corrected chi connectivity index (χ3v) is 5.93. The summed E-state index contributed by atoms with van der Waals surface area (Å²) >= 11 is 0. The Balaban J connectivity index is 1.46. The lowest BCUT2D eigenvalue weighted by atomic mass is 9.92. The number of nitrogens with one attached hydrogen (secondary N) is 1. The molecule has 1 unspecified atom stereocenters. The van der Waals surface area contributed by atoms with Crippen LogP contribution in [0.15, 0.2) is 60.0 Å². The van der Waals surface area contributed by atoms with Crippen LogP contribution in [0.25, 0.3) is 6.08 Å². The van der Waals surface area contributed by atoms with Crippen LogP contribution in [0.4, 0.5) is 5.82 Å². The normalized spacial score (nSPS) is 16.6. The smallest absolute Gasteiger partial charge is 0.307 e. The molecule has 1 N–H and O–H groups in total. The monoisotopic (exact) mass is 447 g/mol. The number of fused-ring (bicyclic) bond motifs is 2. The van der Waals surface area contributed by atoms with Crippen molar-refractivity contribution < 1.29 is 14.3 Å². The number of pyridine rings is 1. The summed E-state index contributed by atoms with van der Waals surface area (Å²) in [4.78, 5) is 35.7. The Labute approximate surface area is 193 Å². The SMILES string of the molecule is COC(=O)CC1CC2=CC=CCC2=Cc2nc(C(=O)N(C)CCCNc3ccccn3)cn21. The van der Waals surface area contributed by atoms with E-state index >= 15 is 0 Å². The van der Waals surface area contributed by atoms with Gasteiger partial charge in [0, 0.05) is 38.6 Å². The van der Waals surface area contributed by atoms with Crippen LogP contribution in [-0.4, -0.2) is 58.6 Å². The summed E-state index contributed by atoms with van der Waals surface area (Å²) in [5, 5.41) is 3.25. The third-order valence-electron chi connectivity index (χ3n) is 5.93. The van der Waals surface area contributed by atoms with E-state index in [4.69, 9.17) is 4.74 Å². The molecule has 33 heavy (non-hydrogen) atoms. The van der Waals surface area contributed by atoms with E-state index in [1.807, 2.05) is 34.9 Å². The molecule has 0 spiro atoms. The first-order chi connectivity index (χ1) is 16.0. The molecular weight excluding hydrogens is 418 g/mol. The lowest BCUT2D eigenvalue weighted by Crippen LogP contribution is -2.29. The van der Waals surface area contributed by atoms with Gasteiger partial charge in [-0.15, -0.1) is 0 Å². The summed E-state index contributed by atoms with van der Waals surface area (Å²) in [6, 6.07) is 5.56. The minimum Gasteiger partial charge on any atom is -0.469 e. The Morgan fingerprint density at radius 2 is 2.18 bits per heavy atom. The molecule has 1 aliphatic carbocycles. The summed E-state index contributed by atoms with van der Waals surface area (Å²) in [6.07, 6.45) is 14.3. The summed E-state index contributed by atoms with van der Waals surface area (Å²) in [5.74, 6) is 1.11. The molecule has 2 aliphatic rings. The summed E-state index contributed by atoms with van der Waals surface area (Å²) in [5.41, 5.74) is 2.75. The van der Waals surface area contributed by atoms with E-state index in [-0.39, 0.29) is 24.3 Å². The fourth-order valence-corrected chi connectivity index (χ4v) is 4.13. The van der Waals surface area contributed by atoms with Gasteiger partial charge in [0.05, 0.1) is 13.5 Å². The molecule has 0 aromatic carbocycles. The maximum atomic E-state index is 13.1. The fourth-order valence-electron chi connectivity index (χ4n) is 4.13. The molecule has 4 rings (SSSR count). The second kappa shape index (κ2) is 10.3. The summed E-state index contributed by atoms with van der Waals surface area (Å²) in [7, 11) is 3.18. The van der Waals surface area contributed by atoms with Gasteiger partial charge in [0.15, 0.2) is 0 Å². The van der Waals surface area contributed by atoms with Gasteiger partial charge in [-0.2, -0.15) is 0 Å². The van der Waals surface area contributed by atoms with Crippen molar-refractivity contribution in [2.75, 3.05) is 32.6 Å². The Hall–Kier alpha value is -3.68. The molecule has 2 aromatic heterocycles. The van der Waals surface area contributed by atoms with Crippen molar-refractivity contribution in [3.8, 4) is 0 Å². The first-order valence-electron chi connectivity index (χ1n) is 11.2. The van der Waals surface area contributed by atoms with Gasteiger partial charge in [-0.3, -0.25) is 9.59 Å². The number of hydrogen-bond donors (Lipinski definition) is 1. The predicted molar refractivity (Wildman–Crippen MR) is 127 cm³/mol. The fraction of sp³-hybridized carbons (Fsp3) is 0.360. The summed E-state index contributed by atoms with van der Waals surface area (Å²) < 4.78 is 6.87. The molecule has 0 saturated carbocycles. The van der Waals surface area contributed by atoms with Gasteiger partial charge >= 0.3 is 5.97 Å². The molecule has 172 valence electrons. The largest absolute Gasteiger partial charge is 0.469 e. The van der Waals surface area contributed by atoms with E-state index in [1.165, 1.54) is 18.3 Å². The van der Waals surface area contributed by atoms with Gasteiger partial charge in [0.25, 0.3) is 5.91 Å². The Morgan fingerprint density at radius 3 is 2.97 bits per heavy atom. The van der Waals surface area contributed by atoms with Crippen LogP contribution in [0.2, 0.25) is 0 Å². The van der Waals surface area contributed by atoms with Crippen LogP contribution in [0, 0.1) is 0 Å². The number of amides is 1. The second-order valence-electron chi connectivity index (χ2n) is 8.25. The van der Waals surface area contributed by atoms with E-state index in [9.17, 15) is 9.59 Å². The highest BCUT2D eigenvalue weighted by atomic mass is 16.5. The second-order valence-corrected chi connectivity index (χ2v) is 8.25. The topological polar surface area (TPSA) is 89.3 Å². The van der Waals surface area contributed by atoms with E-state index in [0.29, 0.717) is 31.0 Å². The number of nitrogens with zero attached hydrogens (tertiary/aromatic N) is 4. The number of anilines is 1. The Morgan fingerprint density at radius 1 is 1.30 bits per heavy atom. The van der Waals surface area contributed by atoms with Gasteiger partial charge in [0.2, 0.25) is 0 Å². The van der Waals surface area contributed by atoms with Crippen molar-refractivity contribution in [2.24, 2.45) is 0 Å². The molecule has 0 saturated heterocycles. The first-order valence-corrected chi connectivity index (χ1v) is 11.2. The lowest BCUT2D eigenvalue weighted by Gasteiger charge is -2.19. The van der Waals surface area contributed by atoms with Crippen molar-refractivity contribution in [1.29, 1.82) is 0 Å². The maximum Gasteiger partial charge on any atom is 0.307 e. The van der Waals surface area contributed by atoms with Gasteiger partial charge in [0.1, 0.15) is 17.3 Å². The number of aromatic nitrogens is 3.